The van der Waals surface area contributed by atoms with E-state index in [1.54, 1.807) is 6.07 Å². The maximum atomic E-state index is 12.7. The van der Waals surface area contributed by atoms with E-state index < -0.39 is 0 Å². The molecule has 24 heavy (non-hydrogen) atoms. The van der Waals surface area contributed by atoms with E-state index in [0.717, 1.165) is 42.7 Å². The third kappa shape index (κ3) is 4.31. The summed E-state index contributed by atoms with van der Waals surface area (Å²) >= 11 is 0. The lowest BCUT2D eigenvalue weighted by Crippen LogP contribution is -2.33. The predicted molar refractivity (Wildman–Crippen MR) is 97.7 cm³/mol. The van der Waals surface area contributed by atoms with E-state index in [0.29, 0.717) is 11.5 Å². The van der Waals surface area contributed by atoms with Gasteiger partial charge in [0.25, 0.3) is 5.91 Å². The zero-order valence-corrected chi connectivity index (χ0v) is 15.0. The van der Waals surface area contributed by atoms with E-state index in [2.05, 4.69) is 29.1 Å². The molecule has 0 saturated carbocycles. The molecule has 1 aromatic carbocycles. The van der Waals surface area contributed by atoms with Crippen LogP contribution >= 0.6 is 0 Å². The summed E-state index contributed by atoms with van der Waals surface area (Å²) in [7, 11) is 0. The van der Waals surface area contributed by atoms with Crippen LogP contribution in [0.1, 0.15) is 48.3 Å². The fraction of sp³-hybridized carbons (Fsp3) is 0.421. The minimum absolute atomic E-state index is 0.0364. The van der Waals surface area contributed by atoms with Gasteiger partial charge in [0.15, 0.2) is 0 Å². The van der Waals surface area contributed by atoms with Gasteiger partial charge in [0.1, 0.15) is 17.8 Å². The Balaban J connectivity index is 2.23. The highest BCUT2D eigenvalue weighted by Crippen LogP contribution is 2.23. The molecule has 1 heterocycles. The van der Waals surface area contributed by atoms with Gasteiger partial charge in [-0.3, -0.25) is 4.79 Å². The van der Waals surface area contributed by atoms with Crippen LogP contribution in [0.5, 0.6) is 0 Å². The van der Waals surface area contributed by atoms with Crippen LogP contribution in [0.4, 0.5) is 11.5 Å². The number of nitrogens with zero attached hydrogens (tertiary/aromatic N) is 3. The largest absolute Gasteiger partial charge is 0.340 e. The Hall–Kier alpha value is -2.43. The number of rotatable bonds is 7. The number of anilines is 2. The molecule has 1 aromatic heterocycles. The number of hydrogen-bond acceptors (Lipinski definition) is 4. The van der Waals surface area contributed by atoms with Gasteiger partial charge in [-0.05, 0) is 37.8 Å². The van der Waals surface area contributed by atoms with E-state index in [-0.39, 0.29) is 5.91 Å². The topological polar surface area (TPSA) is 58.1 Å². The SMILES string of the molecule is CCCN(CCC)C(=O)c1cc(Nc2c(C)cccc2C)ncn1. The summed E-state index contributed by atoms with van der Waals surface area (Å²) in [6, 6.07) is 7.85. The van der Waals surface area contributed by atoms with Crippen molar-refractivity contribution < 1.29 is 4.79 Å². The van der Waals surface area contributed by atoms with Crippen LogP contribution in [-0.4, -0.2) is 33.9 Å². The number of para-hydroxylation sites is 1. The third-order valence-electron chi connectivity index (χ3n) is 3.89. The number of carbonyl (C=O) groups is 1. The highest BCUT2D eigenvalue weighted by molar-refractivity contribution is 5.93. The summed E-state index contributed by atoms with van der Waals surface area (Å²) in [4.78, 5) is 22.9. The molecule has 0 bridgehead atoms. The third-order valence-corrected chi connectivity index (χ3v) is 3.89. The van der Waals surface area contributed by atoms with Crippen LogP contribution in [0.2, 0.25) is 0 Å². The molecular formula is C19H26N4O. The second-order valence-corrected chi connectivity index (χ2v) is 5.97. The number of hydrogen-bond donors (Lipinski definition) is 1. The molecule has 0 aliphatic carbocycles. The van der Waals surface area contributed by atoms with Crippen molar-refractivity contribution in [1.82, 2.24) is 14.9 Å². The molecule has 1 amide bonds. The summed E-state index contributed by atoms with van der Waals surface area (Å²) in [5.74, 6) is 0.601. The van der Waals surface area contributed by atoms with Crippen molar-refractivity contribution in [2.75, 3.05) is 18.4 Å². The van der Waals surface area contributed by atoms with E-state index >= 15 is 0 Å². The van der Waals surface area contributed by atoms with Crippen molar-refractivity contribution in [2.24, 2.45) is 0 Å². The van der Waals surface area contributed by atoms with Crippen LogP contribution in [0, 0.1) is 13.8 Å². The molecule has 0 atom stereocenters. The lowest BCUT2D eigenvalue weighted by molar-refractivity contribution is 0.0749. The van der Waals surface area contributed by atoms with Crippen molar-refractivity contribution in [3.05, 3.63) is 47.4 Å². The minimum Gasteiger partial charge on any atom is -0.340 e. The van der Waals surface area contributed by atoms with E-state index in [1.165, 1.54) is 6.33 Å². The van der Waals surface area contributed by atoms with Crippen LogP contribution in [-0.2, 0) is 0 Å². The zero-order valence-electron chi connectivity index (χ0n) is 15.0. The van der Waals surface area contributed by atoms with Gasteiger partial charge in [-0.25, -0.2) is 9.97 Å². The lowest BCUT2D eigenvalue weighted by Gasteiger charge is -2.21. The molecule has 0 saturated heterocycles. The summed E-state index contributed by atoms with van der Waals surface area (Å²) < 4.78 is 0. The Labute approximate surface area is 144 Å². The van der Waals surface area contributed by atoms with Crippen molar-refractivity contribution >= 4 is 17.4 Å². The molecule has 0 unspecified atom stereocenters. The Morgan fingerprint density at radius 1 is 1.08 bits per heavy atom. The first-order valence-electron chi connectivity index (χ1n) is 8.51. The normalized spacial score (nSPS) is 10.5. The molecule has 0 spiro atoms. The highest BCUT2D eigenvalue weighted by atomic mass is 16.2. The van der Waals surface area contributed by atoms with Gasteiger partial charge in [0, 0.05) is 24.8 Å². The molecule has 0 radical (unpaired) electrons. The van der Waals surface area contributed by atoms with E-state index in [1.807, 2.05) is 36.9 Å². The molecule has 0 aliphatic heterocycles. The molecule has 0 aliphatic rings. The average molecular weight is 326 g/mol. The first kappa shape index (κ1) is 17.9. The first-order valence-corrected chi connectivity index (χ1v) is 8.51. The molecule has 2 rings (SSSR count). The Kier molecular flexibility index (Phi) is 6.29. The Bertz CT molecular complexity index is 673. The van der Waals surface area contributed by atoms with Crippen molar-refractivity contribution in [3.8, 4) is 0 Å². The number of carbonyl (C=O) groups excluding carboxylic acids is 1. The Morgan fingerprint density at radius 2 is 1.71 bits per heavy atom. The van der Waals surface area contributed by atoms with Crippen molar-refractivity contribution in [2.45, 2.75) is 40.5 Å². The molecule has 2 aromatic rings. The minimum atomic E-state index is -0.0364. The second kappa shape index (κ2) is 8.43. The molecule has 0 fully saturated rings. The molecule has 5 heteroatoms. The van der Waals surface area contributed by atoms with Crippen molar-refractivity contribution in [3.63, 3.8) is 0 Å². The van der Waals surface area contributed by atoms with Crippen molar-refractivity contribution in [1.29, 1.82) is 0 Å². The molecule has 5 nitrogen and oxygen atoms in total. The number of aromatic nitrogens is 2. The monoisotopic (exact) mass is 326 g/mol. The van der Waals surface area contributed by atoms with Crippen LogP contribution in [0.15, 0.2) is 30.6 Å². The molecule has 1 N–H and O–H groups in total. The highest BCUT2D eigenvalue weighted by Gasteiger charge is 2.16. The maximum absolute atomic E-state index is 12.7. The summed E-state index contributed by atoms with van der Waals surface area (Å²) in [6.07, 6.45) is 3.31. The summed E-state index contributed by atoms with van der Waals surface area (Å²) in [5, 5.41) is 3.32. The van der Waals surface area contributed by atoms with Gasteiger partial charge in [0.05, 0.1) is 0 Å². The smallest absolute Gasteiger partial charge is 0.272 e. The van der Waals surface area contributed by atoms with Gasteiger partial charge in [0.2, 0.25) is 0 Å². The fourth-order valence-corrected chi connectivity index (χ4v) is 2.70. The van der Waals surface area contributed by atoms with Gasteiger partial charge < -0.3 is 10.2 Å². The van der Waals surface area contributed by atoms with Gasteiger partial charge in [-0.2, -0.15) is 0 Å². The second-order valence-electron chi connectivity index (χ2n) is 5.97. The number of aryl methyl sites for hydroxylation is 2. The standard InChI is InChI=1S/C19H26N4O/c1-5-10-23(11-6-2)19(24)16-12-17(21-13-20-16)22-18-14(3)8-7-9-15(18)4/h7-9,12-13H,5-6,10-11H2,1-4H3,(H,20,21,22). The van der Waals surface area contributed by atoms with Gasteiger partial charge >= 0.3 is 0 Å². The lowest BCUT2D eigenvalue weighted by atomic mass is 10.1. The average Bonchev–Trinajstić information content (AvgIpc) is 2.58. The molecular weight excluding hydrogens is 300 g/mol. The number of nitrogens with one attached hydrogen (secondary N) is 1. The molecule has 128 valence electrons. The van der Waals surface area contributed by atoms with Crippen LogP contribution in [0.3, 0.4) is 0 Å². The fourth-order valence-electron chi connectivity index (χ4n) is 2.70. The van der Waals surface area contributed by atoms with Crippen LogP contribution in [0.25, 0.3) is 0 Å². The van der Waals surface area contributed by atoms with E-state index in [9.17, 15) is 4.79 Å². The number of benzene rings is 1. The van der Waals surface area contributed by atoms with Crippen LogP contribution < -0.4 is 5.32 Å². The van der Waals surface area contributed by atoms with E-state index in [4.69, 9.17) is 0 Å². The predicted octanol–water partition coefficient (Wildman–Crippen LogP) is 4.10. The maximum Gasteiger partial charge on any atom is 0.272 e. The summed E-state index contributed by atoms with van der Waals surface area (Å²) in [6.45, 7) is 9.74. The van der Waals surface area contributed by atoms with Gasteiger partial charge in [-0.15, -0.1) is 0 Å². The summed E-state index contributed by atoms with van der Waals surface area (Å²) in [5.41, 5.74) is 3.73. The number of amides is 1. The van der Waals surface area contributed by atoms with Gasteiger partial charge in [-0.1, -0.05) is 32.0 Å². The Morgan fingerprint density at radius 3 is 2.29 bits per heavy atom. The first-order chi connectivity index (χ1) is 11.6. The quantitative estimate of drug-likeness (QED) is 0.832. The zero-order chi connectivity index (χ0) is 17.5.